The molecule has 0 radical (unpaired) electrons. The summed E-state index contributed by atoms with van der Waals surface area (Å²) in [5.74, 6) is -1.62. The van der Waals surface area contributed by atoms with Crippen molar-refractivity contribution in [2.45, 2.75) is 296 Å². The molecular formula is C75H128O16P2. The van der Waals surface area contributed by atoms with Gasteiger partial charge in [-0.25, -0.2) is 9.13 Å². The molecule has 534 valence electrons. The van der Waals surface area contributed by atoms with Crippen LogP contribution in [-0.2, 0) is 55.8 Å². The van der Waals surface area contributed by atoms with Gasteiger partial charge in [0.1, 0.15) is 25.4 Å². The molecule has 0 fully saturated rings. The van der Waals surface area contributed by atoms with Crippen molar-refractivity contribution in [2.75, 3.05) is 39.6 Å². The molecule has 18 heteroatoms. The predicted octanol–water partition coefficient (Wildman–Crippen LogP) is 20.2. The minimum atomic E-state index is -4.93. The molecule has 5 atom stereocenters. The van der Waals surface area contributed by atoms with E-state index in [1.165, 1.54) is 64.2 Å². The predicted molar refractivity (Wildman–Crippen MR) is 380 cm³/mol. The first-order valence-electron chi connectivity index (χ1n) is 35.8. The van der Waals surface area contributed by atoms with Crippen LogP contribution in [0.1, 0.15) is 278 Å². The van der Waals surface area contributed by atoms with Gasteiger partial charge in [-0.05, 0) is 128 Å². The molecule has 0 aromatic carbocycles. The van der Waals surface area contributed by atoms with Crippen LogP contribution in [0, 0.1) is 0 Å². The minimum Gasteiger partial charge on any atom is -0.463 e. The smallest absolute Gasteiger partial charge is 0.463 e. The van der Waals surface area contributed by atoms with Crippen molar-refractivity contribution < 1.29 is 75.8 Å². The van der Waals surface area contributed by atoms with Crippen LogP contribution in [0.25, 0.3) is 0 Å². The van der Waals surface area contributed by atoms with Gasteiger partial charge < -0.3 is 34.2 Å². The van der Waals surface area contributed by atoms with Gasteiger partial charge in [0.25, 0.3) is 0 Å². The number of esters is 3. The Morgan fingerprint density at radius 1 is 0.312 bits per heavy atom. The number of ether oxygens (including phenoxy) is 3. The van der Waals surface area contributed by atoms with Gasteiger partial charge >= 0.3 is 33.6 Å². The van der Waals surface area contributed by atoms with Crippen molar-refractivity contribution in [1.29, 1.82) is 0 Å². The molecule has 4 N–H and O–H groups in total. The van der Waals surface area contributed by atoms with E-state index >= 15 is 0 Å². The van der Waals surface area contributed by atoms with E-state index in [0.29, 0.717) is 19.3 Å². The molecule has 0 aliphatic heterocycles. The first-order chi connectivity index (χ1) is 45.2. The lowest BCUT2D eigenvalue weighted by Gasteiger charge is -2.21. The Balaban J connectivity index is 4.61. The van der Waals surface area contributed by atoms with Crippen molar-refractivity contribution in [3.63, 3.8) is 0 Å². The number of aliphatic hydroxyl groups is 2. The summed E-state index contributed by atoms with van der Waals surface area (Å²) in [5.41, 5.74) is 0. The number of carbonyl (C=O) groups is 3. The highest BCUT2D eigenvalue weighted by Gasteiger charge is 2.29. The summed E-state index contributed by atoms with van der Waals surface area (Å²) in [7, 11) is -9.79. The fraction of sp³-hybridized carbons (Fsp3) is 0.693. The van der Waals surface area contributed by atoms with Crippen LogP contribution in [0.5, 0.6) is 0 Å². The zero-order chi connectivity index (χ0) is 68.1. The maximum absolute atomic E-state index is 12.9. The highest BCUT2D eigenvalue weighted by atomic mass is 31.2. The van der Waals surface area contributed by atoms with Gasteiger partial charge in [-0.2, -0.15) is 0 Å². The van der Waals surface area contributed by atoms with Gasteiger partial charge in [-0.1, -0.05) is 251 Å². The van der Waals surface area contributed by atoms with Gasteiger partial charge in [0.15, 0.2) is 6.10 Å². The fourth-order valence-corrected chi connectivity index (χ4v) is 10.8. The van der Waals surface area contributed by atoms with Crippen LogP contribution in [-0.4, -0.2) is 95.9 Å². The molecule has 0 aliphatic carbocycles. The van der Waals surface area contributed by atoms with Crippen LogP contribution in [0.4, 0.5) is 0 Å². The lowest BCUT2D eigenvalue weighted by molar-refractivity contribution is -0.161. The molecule has 5 unspecified atom stereocenters. The van der Waals surface area contributed by atoms with E-state index in [4.69, 9.17) is 32.3 Å². The summed E-state index contributed by atoms with van der Waals surface area (Å²) >= 11 is 0. The highest BCUT2D eigenvalue weighted by molar-refractivity contribution is 7.47. The van der Waals surface area contributed by atoms with Crippen molar-refractivity contribution >= 4 is 33.6 Å². The Kier molecular flexibility index (Phi) is 65.0. The Morgan fingerprint density at radius 3 is 0.914 bits per heavy atom. The van der Waals surface area contributed by atoms with E-state index in [-0.39, 0.29) is 19.3 Å². The van der Waals surface area contributed by atoms with Crippen LogP contribution >= 0.6 is 15.6 Å². The van der Waals surface area contributed by atoms with E-state index in [9.17, 15) is 43.5 Å². The van der Waals surface area contributed by atoms with Crippen LogP contribution in [0.2, 0.25) is 0 Å². The maximum atomic E-state index is 12.9. The molecule has 0 aromatic heterocycles. The van der Waals surface area contributed by atoms with Crippen LogP contribution < -0.4 is 0 Å². The van der Waals surface area contributed by atoms with Gasteiger partial charge in [0, 0.05) is 19.3 Å². The molecule has 0 spiro atoms. The minimum absolute atomic E-state index is 0.0872. The second-order valence-electron chi connectivity index (χ2n) is 23.6. The number of hydrogen-bond donors (Lipinski definition) is 4. The molecule has 0 bridgehead atoms. The standard InChI is InChI=1S/C75H128O16P2/c1-4-7-10-13-16-19-22-25-28-30-31-32-33-34-35-36-37-39-42-43-46-49-52-55-58-61-73(78)85-64-70(76)65-87-92(81,82)88-66-71(77)67-89-93(83,84)90-69-72(91-75(80)63-60-57-54-51-48-45-40-27-24-21-18-15-12-9-6-3)68-86-74(79)62-59-56-53-50-47-44-41-38-29-26-23-20-17-14-11-8-5-2/h7-8,10-11,16-17,19-20,25-29,31-32,34-35,40-41,44,70-72,76-77H,4-6,9,12-15,18,21-24,30,33,36-39,42-43,45-69H2,1-3H3,(H,81,82)(H,83,84)/b10-7-,11-8-,19-16-,20-17-,28-25-,29-26-,32-31-,35-34-,40-27-,44-41-. The Morgan fingerprint density at radius 2 is 0.570 bits per heavy atom. The largest absolute Gasteiger partial charge is 0.472 e. The molecule has 0 saturated heterocycles. The summed E-state index contributed by atoms with van der Waals surface area (Å²) in [6, 6.07) is 0. The van der Waals surface area contributed by atoms with E-state index in [2.05, 4.69) is 142 Å². The summed E-state index contributed by atoms with van der Waals surface area (Å²) in [4.78, 5) is 58.4. The average Bonchev–Trinajstić information content (AvgIpc) is 2.84. The quantitative estimate of drug-likeness (QED) is 0.0146. The number of phosphoric ester groups is 2. The van der Waals surface area contributed by atoms with Gasteiger partial charge in [-0.15, -0.1) is 0 Å². The van der Waals surface area contributed by atoms with Crippen molar-refractivity contribution in [3.05, 3.63) is 122 Å². The first-order valence-corrected chi connectivity index (χ1v) is 38.8. The molecule has 0 saturated carbocycles. The molecule has 93 heavy (non-hydrogen) atoms. The highest BCUT2D eigenvalue weighted by Crippen LogP contribution is 2.45. The van der Waals surface area contributed by atoms with Crippen molar-refractivity contribution in [3.8, 4) is 0 Å². The third kappa shape index (κ3) is 69.1. The third-order valence-corrected chi connectivity index (χ3v) is 16.6. The van der Waals surface area contributed by atoms with E-state index in [1.807, 2.05) is 0 Å². The normalized spacial score (nSPS) is 14.9. The number of hydrogen-bond acceptors (Lipinski definition) is 14. The third-order valence-electron chi connectivity index (χ3n) is 14.7. The SMILES string of the molecule is CC/C=C\C/C=C\C/C=C\C/C=C\C/C=C\CCCCCCCCCCCC(=O)OCC(O)COP(=O)(O)OCC(O)COP(=O)(O)OCC(COC(=O)CCCCCC/C=C\C/C=C\C/C=C\C/C=C\CC)OC(=O)CCCCCCC/C=C\CCCCCCCC. The number of unbranched alkanes of at least 4 members (excludes halogenated alkanes) is 24. The fourth-order valence-electron chi connectivity index (χ4n) is 9.23. The molecule has 0 amide bonds. The number of allylic oxidation sites excluding steroid dienone is 20. The number of phosphoric acid groups is 2. The topological polar surface area (TPSA) is 231 Å². The second-order valence-corrected chi connectivity index (χ2v) is 26.5. The summed E-state index contributed by atoms with van der Waals surface area (Å²) < 4.78 is 60.9. The number of carbonyl (C=O) groups excluding carboxylic acids is 3. The average molecular weight is 1350 g/mol. The Labute approximate surface area is 563 Å². The summed E-state index contributed by atoms with van der Waals surface area (Å²) in [6.45, 7) is 2.39. The molecule has 16 nitrogen and oxygen atoms in total. The van der Waals surface area contributed by atoms with E-state index in [0.717, 1.165) is 154 Å². The summed E-state index contributed by atoms with van der Waals surface area (Å²) in [6.07, 6.45) is 78.2. The second kappa shape index (κ2) is 67.9. The molecule has 0 heterocycles. The van der Waals surface area contributed by atoms with Crippen molar-refractivity contribution in [1.82, 2.24) is 0 Å². The maximum Gasteiger partial charge on any atom is 0.472 e. The molecule has 0 aliphatic rings. The Bertz CT molecular complexity index is 2180. The van der Waals surface area contributed by atoms with Gasteiger partial charge in [-0.3, -0.25) is 32.5 Å². The number of rotatable bonds is 67. The van der Waals surface area contributed by atoms with E-state index in [1.54, 1.807) is 0 Å². The molecular weight excluding hydrogens is 1220 g/mol. The van der Waals surface area contributed by atoms with Gasteiger partial charge in [0.2, 0.25) is 0 Å². The number of aliphatic hydroxyl groups excluding tert-OH is 2. The van der Waals surface area contributed by atoms with Crippen LogP contribution in [0.3, 0.4) is 0 Å². The lowest BCUT2D eigenvalue weighted by Crippen LogP contribution is -2.30. The summed E-state index contributed by atoms with van der Waals surface area (Å²) in [5, 5.41) is 20.6. The molecule has 0 aromatic rings. The first kappa shape index (κ1) is 89.0. The molecule has 0 rings (SSSR count). The lowest BCUT2D eigenvalue weighted by atomic mass is 10.1. The van der Waals surface area contributed by atoms with Crippen molar-refractivity contribution in [2.24, 2.45) is 0 Å². The zero-order valence-electron chi connectivity index (χ0n) is 57.9. The monoisotopic (exact) mass is 1350 g/mol. The van der Waals surface area contributed by atoms with Crippen LogP contribution in [0.15, 0.2) is 122 Å². The zero-order valence-corrected chi connectivity index (χ0v) is 59.7. The van der Waals surface area contributed by atoms with E-state index < -0.39 is 91.5 Å². The Hall–Kier alpha value is -4.05. The van der Waals surface area contributed by atoms with Gasteiger partial charge in [0.05, 0.1) is 26.4 Å².